The monoisotopic (exact) mass is 416 g/mol. The van der Waals surface area contributed by atoms with E-state index in [0.29, 0.717) is 0 Å². The summed E-state index contributed by atoms with van der Waals surface area (Å²) >= 11 is 0. The fourth-order valence-corrected chi connectivity index (χ4v) is 5.05. The van der Waals surface area contributed by atoms with Crippen LogP contribution in [0.1, 0.15) is 69.1 Å². The molecule has 2 aliphatic carbocycles. The van der Waals surface area contributed by atoms with Crippen molar-refractivity contribution >= 4 is 21.6 Å². The van der Waals surface area contributed by atoms with Crippen molar-refractivity contribution in [2.45, 2.75) is 76.3 Å². The number of hydrogen-bond acceptors (Lipinski definition) is 4. The number of urea groups is 1. The van der Waals surface area contributed by atoms with Gasteiger partial charge in [-0.1, -0.05) is 13.8 Å². The largest absolute Gasteiger partial charge is 0.354 e. The third-order valence-corrected chi connectivity index (χ3v) is 7.08. The standard InChI is InChI=1S/C20H28N6O2S/c1-12(2)26-11-9-16(24-26)29(21,28)25-19(27)23-17-13-6-5-7-15(13)22-18-14(17)8-10-20(18,3)4/h9,11-12H,5-8,10H2,1-4H3,(H3,21,22,23,25,27,28)/t29-/m0/s1. The lowest BCUT2D eigenvalue weighted by Crippen LogP contribution is -2.20. The molecule has 156 valence electrons. The lowest BCUT2D eigenvalue weighted by molar-refractivity contribution is 0.260. The van der Waals surface area contributed by atoms with Crippen LogP contribution in [0.2, 0.25) is 0 Å². The van der Waals surface area contributed by atoms with Crippen molar-refractivity contribution in [1.29, 1.82) is 0 Å². The number of aryl methyl sites for hydroxylation is 1. The van der Waals surface area contributed by atoms with Crippen molar-refractivity contribution in [2.24, 2.45) is 9.50 Å². The predicted molar refractivity (Wildman–Crippen MR) is 112 cm³/mol. The Kier molecular flexibility index (Phi) is 4.77. The lowest BCUT2D eigenvalue weighted by atomic mass is 9.90. The summed E-state index contributed by atoms with van der Waals surface area (Å²) in [6.45, 7) is 8.26. The summed E-state index contributed by atoms with van der Waals surface area (Å²) in [4.78, 5) is 17.6. The summed E-state index contributed by atoms with van der Waals surface area (Å²) in [7, 11) is -3.43. The lowest BCUT2D eigenvalue weighted by Gasteiger charge is -2.20. The molecule has 1 atom stereocenters. The molecular formula is C20H28N6O2S. The summed E-state index contributed by atoms with van der Waals surface area (Å²) in [6, 6.07) is 0.936. The van der Waals surface area contributed by atoms with Crippen molar-refractivity contribution in [3.8, 4) is 0 Å². The van der Waals surface area contributed by atoms with Gasteiger partial charge in [0.2, 0.25) is 0 Å². The number of carbonyl (C=O) groups excluding carboxylic acids is 1. The highest BCUT2D eigenvalue weighted by molar-refractivity contribution is 7.91. The Morgan fingerprint density at radius 2 is 2.07 bits per heavy atom. The maximum absolute atomic E-state index is 12.9. The van der Waals surface area contributed by atoms with E-state index in [1.807, 2.05) is 13.8 Å². The molecule has 0 saturated carbocycles. The minimum atomic E-state index is -3.43. The van der Waals surface area contributed by atoms with Crippen molar-refractivity contribution in [1.82, 2.24) is 14.8 Å². The van der Waals surface area contributed by atoms with Crippen LogP contribution in [-0.4, -0.2) is 25.0 Å². The number of nitrogens with one attached hydrogen (secondary N) is 1. The molecule has 29 heavy (non-hydrogen) atoms. The average Bonchev–Trinajstić information content (AvgIpc) is 3.34. The van der Waals surface area contributed by atoms with Crippen LogP contribution < -0.4 is 10.5 Å². The molecule has 3 N–H and O–H groups in total. The first-order valence-corrected chi connectivity index (χ1v) is 11.6. The van der Waals surface area contributed by atoms with Gasteiger partial charge < -0.3 is 5.32 Å². The number of pyridine rings is 1. The average molecular weight is 417 g/mol. The third kappa shape index (κ3) is 3.57. The molecule has 8 nitrogen and oxygen atoms in total. The van der Waals surface area contributed by atoms with Gasteiger partial charge >= 0.3 is 6.03 Å². The predicted octanol–water partition coefficient (Wildman–Crippen LogP) is 3.50. The molecule has 2 heterocycles. The highest BCUT2D eigenvalue weighted by Crippen LogP contribution is 2.44. The molecule has 2 aromatic rings. The van der Waals surface area contributed by atoms with Crippen LogP contribution in [0.25, 0.3) is 0 Å². The molecule has 2 amide bonds. The number of fused-ring (bicyclic) bond motifs is 2. The van der Waals surface area contributed by atoms with E-state index in [1.54, 1.807) is 16.9 Å². The summed E-state index contributed by atoms with van der Waals surface area (Å²) < 4.78 is 18.3. The zero-order chi connectivity index (χ0) is 21.0. The first kappa shape index (κ1) is 20.0. The molecule has 0 radical (unpaired) electrons. The van der Waals surface area contributed by atoms with E-state index < -0.39 is 15.9 Å². The molecule has 2 aromatic heterocycles. The number of aromatic nitrogens is 3. The van der Waals surface area contributed by atoms with Crippen molar-refractivity contribution in [3.63, 3.8) is 0 Å². The topological polar surface area (TPSA) is 115 Å². The van der Waals surface area contributed by atoms with Crippen LogP contribution in [0.5, 0.6) is 0 Å². The van der Waals surface area contributed by atoms with E-state index in [2.05, 4.69) is 28.6 Å². The molecule has 0 bridgehead atoms. The molecule has 0 spiro atoms. The number of rotatable bonds is 3. The van der Waals surface area contributed by atoms with E-state index >= 15 is 0 Å². The SMILES string of the molecule is CC(C)n1ccc([S@@](N)(=O)=NC(=O)Nc2c3c(nc4c2CCC4(C)C)CCC3)n1. The smallest absolute Gasteiger partial charge is 0.305 e. The number of nitrogens with two attached hydrogens (primary N) is 1. The quantitative estimate of drug-likeness (QED) is 0.796. The number of nitrogens with zero attached hydrogens (tertiary/aromatic N) is 4. The number of carbonyl (C=O) groups is 1. The van der Waals surface area contributed by atoms with Crippen molar-refractivity contribution in [3.05, 3.63) is 34.8 Å². The molecular weight excluding hydrogens is 388 g/mol. The van der Waals surface area contributed by atoms with Crippen LogP contribution in [0, 0.1) is 0 Å². The van der Waals surface area contributed by atoms with Gasteiger partial charge in [0.25, 0.3) is 0 Å². The number of hydrogen-bond donors (Lipinski definition) is 2. The van der Waals surface area contributed by atoms with E-state index in [4.69, 9.17) is 10.1 Å². The molecule has 9 heteroatoms. The molecule has 4 rings (SSSR count). The van der Waals surface area contributed by atoms with Crippen molar-refractivity contribution in [2.75, 3.05) is 5.32 Å². The summed E-state index contributed by atoms with van der Waals surface area (Å²) in [5, 5.41) is 13.1. The Morgan fingerprint density at radius 3 is 2.76 bits per heavy atom. The Morgan fingerprint density at radius 1 is 1.31 bits per heavy atom. The minimum Gasteiger partial charge on any atom is -0.305 e. The van der Waals surface area contributed by atoms with Gasteiger partial charge in [-0.3, -0.25) is 9.67 Å². The van der Waals surface area contributed by atoms with Gasteiger partial charge in [0.15, 0.2) is 14.9 Å². The number of amides is 2. The summed E-state index contributed by atoms with van der Waals surface area (Å²) in [5.74, 6) is 0. The van der Waals surface area contributed by atoms with Gasteiger partial charge in [-0.25, -0.2) is 14.1 Å². The van der Waals surface area contributed by atoms with Gasteiger partial charge in [0.05, 0.1) is 11.4 Å². The van der Waals surface area contributed by atoms with E-state index in [1.165, 1.54) is 0 Å². The first-order valence-electron chi connectivity index (χ1n) is 10.0. The Balaban J connectivity index is 1.69. The Bertz CT molecular complexity index is 1110. The van der Waals surface area contributed by atoms with Crippen molar-refractivity contribution < 1.29 is 9.00 Å². The molecule has 2 aliphatic rings. The molecule has 0 fully saturated rings. The second-order valence-electron chi connectivity index (χ2n) is 8.79. The molecule has 0 saturated heterocycles. The molecule has 0 aromatic carbocycles. The Hall–Kier alpha value is -2.26. The van der Waals surface area contributed by atoms with Gasteiger partial charge in [-0.15, -0.1) is 4.36 Å². The van der Waals surface area contributed by atoms with E-state index in [-0.39, 0.29) is 16.5 Å². The van der Waals surface area contributed by atoms with Crippen LogP contribution in [0.15, 0.2) is 21.7 Å². The highest BCUT2D eigenvalue weighted by atomic mass is 32.2. The van der Waals surface area contributed by atoms with Gasteiger partial charge in [0, 0.05) is 23.3 Å². The van der Waals surface area contributed by atoms with Crippen LogP contribution in [0.4, 0.5) is 10.5 Å². The highest BCUT2D eigenvalue weighted by Gasteiger charge is 2.36. The van der Waals surface area contributed by atoms with E-state index in [0.717, 1.165) is 60.3 Å². The van der Waals surface area contributed by atoms with Gasteiger partial charge in [-0.2, -0.15) is 5.10 Å². The summed E-state index contributed by atoms with van der Waals surface area (Å²) in [6.07, 6.45) is 6.34. The van der Waals surface area contributed by atoms with Crippen LogP contribution >= 0.6 is 0 Å². The zero-order valence-corrected chi connectivity index (χ0v) is 18.2. The molecule has 0 unspecified atom stereocenters. The fourth-order valence-electron chi connectivity index (χ4n) is 4.20. The van der Waals surface area contributed by atoms with Gasteiger partial charge in [-0.05, 0) is 63.1 Å². The fraction of sp³-hybridized carbons (Fsp3) is 0.550. The second-order valence-corrected chi connectivity index (χ2v) is 10.5. The van der Waals surface area contributed by atoms with Crippen LogP contribution in [-0.2, 0) is 34.6 Å². The minimum absolute atomic E-state index is 0.0192. The second kappa shape index (κ2) is 6.91. The third-order valence-electron chi connectivity index (χ3n) is 5.83. The zero-order valence-electron chi connectivity index (χ0n) is 17.4. The first-order chi connectivity index (χ1) is 13.6. The van der Waals surface area contributed by atoms with E-state index in [9.17, 15) is 9.00 Å². The maximum atomic E-state index is 12.9. The molecule has 0 aliphatic heterocycles. The van der Waals surface area contributed by atoms with Gasteiger partial charge in [0.1, 0.15) is 0 Å². The summed E-state index contributed by atoms with van der Waals surface area (Å²) in [5.41, 5.74) is 5.04. The normalized spacial score (nSPS) is 19.0. The Labute approximate surface area is 171 Å². The number of anilines is 1. The maximum Gasteiger partial charge on any atom is 0.354 e. The van der Waals surface area contributed by atoms with Crippen LogP contribution in [0.3, 0.4) is 0 Å².